The molecule has 7 nitrogen and oxygen atoms in total. The summed E-state index contributed by atoms with van der Waals surface area (Å²) in [5.41, 5.74) is 1.70. The summed E-state index contributed by atoms with van der Waals surface area (Å²) in [5.74, 6) is -0.679. The van der Waals surface area contributed by atoms with E-state index in [4.69, 9.17) is 16.0 Å². The van der Waals surface area contributed by atoms with Gasteiger partial charge in [-0.3, -0.25) is 19.3 Å². The van der Waals surface area contributed by atoms with Crippen LogP contribution in [0.25, 0.3) is 0 Å². The van der Waals surface area contributed by atoms with E-state index in [9.17, 15) is 14.4 Å². The van der Waals surface area contributed by atoms with Crippen LogP contribution >= 0.6 is 11.6 Å². The summed E-state index contributed by atoms with van der Waals surface area (Å²) in [6.07, 6.45) is 1.49. The maximum Gasteiger partial charge on any atom is 0.261 e. The van der Waals surface area contributed by atoms with Gasteiger partial charge in [-0.15, -0.1) is 0 Å². The van der Waals surface area contributed by atoms with Crippen LogP contribution in [0.4, 0.5) is 0 Å². The quantitative estimate of drug-likeness (QED) is 0.553. The van der Waals surface area contributed by atoms with Crippen LogP contribution in [0.2, 0.25) is 5.02 Å². The van der Waals surface area contributed by atoms with Crippen molar-refractivity contribution in [2.24, 2.45) is 0 Å². The average molecular weight is 452 g/mol. The van der Waals surface area contributed by atoms with Gasteiger partial charge in [0.1, 0.15) is 5.76 Å². The van der Waals surface area contributed by atoms with Crippen molar-refractivity contribution in [3.8, 4) is 0 Å². The summed E-state index contributed by atoms with van der Waals surface area (Å²) >= 11 is 6.33. The molecule has 0 fully saturated rings. The zero-order valence-corrected chi connectivity index (χ0v) is 18.4. The van der Waals surface area contributed by atoms with Crippen LogP contribution in [0, 0.1) is 0 Å². The van der Waals surface area contributed by atoms with Gasteiger partial charge in [-0.25, -0.2) is 0 Å². The Kier molecular flexibility index (Phi) is 6.12. The predicted octanol–water partition coefficient (Wildman–Crippen LogP) is 3.76. The summed E-state index contributed by atoms with van der Waals surface area (Å²) in [6.45, 7) is 0.368. The van der Waals surface area contributed by atoms with Crippen LogP contribution in [-0.4, -0.2) is 48.2 Å². The van der Waals surface area contributed by atoms with Crippen molar-refractivity contribution in [1.82, 2.24) is 15.1 Å². The van der Waals surface area contributed by atoms with Crippen LogP contribution in [0.1, 0.15) is 48.4 Å². The standard InChI is InChI=1S/C24H22ClN3O4/c1-27(2)21(18-7-3-4-8-20(18)25)13-26-22(29)15-9-10-17-19(12-15)24(31)28(23(17)30)14-16-6-5-11-32-16/h3-12,21H,13-14H2,1-2H3,(H,26,29). The number of furan rings is 1. The number of halogens is 1. The Bertz CT molecular complexity index is 1170. The third-order valence-electron chi connectivity index (χ3n) is 5.47. The Morgan fingerprint density at radius 3 is 2.50 bits per heavy atom. The van der Waals surface area contributed by atoms with E-state index >= 15 is 0 Å². The van der Waals surface area contributed by atoms with Crippen molar-refractivity contribution in [2.45, 2.75) is 12.6 Å². The van der Waals surface area contributed by atoms with Gasteiger partial charge in [-0.2, -0.15) is 0 Å². The largest absolute Gasteiger partial charge is 0.467 e. The lowest BCUT2D eigenvalue weighted by Crippen LogP contribution is -2.34. The topological polar surface area (TPSA) is 82.9 Å². The van der Waals surface area contributed by atoms with Gasteiger partial charge < -0.3 is 14.6 Å². The number of carbonyl (C=O) groups excluding carboxylic acids is 3. The number of imide groups is 1. The number of hydrogen-bond donors (Lipinski definition) is 1. The molecule has 8 heteroatoms. The first-order valence-electron chi connectivity index (χ1n) is 10.1. The number of nitrogens with one attached hydrogen (secondary N) is 1. The molecule has 4 rings (SSSR count). The molecule has 0 spiro atoms. The first kappa shape index (κ1) is 21.8. The van der Waals surface area contributed by atoms with E-state index in [0.717, 1.165) is 10.5 Å². The van der Waals surface area contributed by atoms with E-state index in [1.807, 2.05) is 43.3 Å². The molecule has 32 heavy (non-hydrogen) atoms. The maximum absolute atomic E-state index is 12.8. The highest BCUT2D eigenvalue weighted by atomic mass is 35.5. The van der Waals surface area contributed by atoms with E-state index in [1.54, 1.807) is 18.2 Å². The first-order chi connectivity index (χ1) is 15.4. The molecule has 0 saturated carbocycles. The number of fused-ring (bicyclic) bond motifs is 1. The summed E-state index contributed by atoms with van der Waals surface area (Å²) in [6, 6.07) is 15.3. The Labute approximate surface area is 190 Å². The van der Waals surface area contributed by atoms with Crippen LogP contribution in [0.5, 0.6) is 0 Å². The average Bonchev–Trinajstić information content (AvgIpc) is 3.37. The van der Waals surface area contributed by atoms with Crippen LogP contribution < -0.4 is 5.32 Å². The molecule has 3 aromatic rings. The van der Waals surface area contributed by atoms with Gasteiger partial charge in [0.25, 0.3) is 17.7 Å². The smallest absolute Gasteiger partial charge is 0.261 e. The zero-order valence-electron chi connectivity index (χ0n) is 17.7. The van der Waals surface area contributed by atoms with Crippen molar-refractivity contribution < 1.29 is 18.8 Å². The van der Waals surface area contributed by atoms with E-state index in [-0.39, 0.29) is 29.6 Å². The van der Waals surface area contributed by atoms with Crippen LogP contribution in [-0.2, 0) is 6.54 Å². The second-order valence-electron chi connectivity index (χ2n) is 7.75. The Morgan fingerprint density at radius 1 is 1.06 bits per heavy atom. The Hall–Kier alpha value is -3.42. The number of hydrogen-bond acceptors (Lipinski definition) is 5. The van der Waals surface area contributed by atoms with Gasteiger partial charge >= 0.3 is 0 Å². The molecule has 1 N–H and O–H groups in total. The van der Waals surface area contributed by atoms with Gasteiger partial charge in [-0.1, -0.05) is 29.8 Å². The SMILES string of the molecule is CN(C)C(CNC(=O)c1ccc2c(c1)C(=O)N(Cc1ccco1)C2=O)c1ccccc1Cl. The minimum absolute atomic E-state index is 0.0449. The first-order valence-corrected chi connectivity index (χ1v) is 10.5. The monoisotopic (exact) mass is 451 g/mol. The molecule has 2 aromatic carbocycles. The van der Waals surface area contributed by atoms with Crippen molar-refractivity contribution in [2.75, 3.05) is 20.6 Å². The third kappa shape index (κ3) is 4.17. The minimum Gasteiger partial charge on any atom is -0.467 e. The van der Waals surface area contributed by atoms with Gasteiger partial charge in [0.2, 0.25) is 0 Å². The highest BCUT2D eigenvalue weighted by Gasteiger charge is 2.36. The van der Waals surface area contributed by atoms with Gasteiger partial charge in [0, 0.05) is 17.1 Å². The Morgan fingerprint density at radius 2 is 1.81 bits per heavy atom. The molecule has 0 aliphatic carbocycles. The van der Waals surface area contributed by atoms with E-state index in [2.05, 4.69) is 5.32 Å². The highest BCUT2D eigenvalue weighted by molar-refractivity contribution is 6.31. The van der Waals surface area contributed by atoms with Crippen molar-refractivity contribution in [3.63, 3.8) is 0 Å². The molecule has 3 amide bonds. The molecular weight excluding hydrogens is 430 g/mol. The molecular formula is C24H22ClN3O4. The zero-order chi connectivity index (χ0) is 22.8. The third-order valence-corrected chi connectivity index (χ3v) is 5.81. The van der Waals surface area contributed by atoms with Gasteiger partial charge in [0.15, 0.2) is 0 Å². The van der Waals surface area contributed by atoms with Gasteiger partial charge in [-0.05, 0) is 56.1 Å². The highest BCUT2D eigenvalue weighted by Crippen LogP contribution is 2.27. The lowest BCUT2D eigenvalue weighted by Gasteiger charge is -2.26. The lowest BCUT2D eigenvalue weighted by atomic mass is 10.0. The number of carbonyl (C=O) groups is 3. The van der Waals surface area contributed by atoms with Crippen molar-refractivity contribution >= 4 is 29.3 Å². The van der Waals surface area contributed by atoms with E-state index < -0.39 is 11.8 Å². The normalized spacial score (nSPS) is 14.1. The number of likely N-dealkylation sites (N-methyl/N-ethyl adjacent to an activating group) is 1. The molecule has 1 aliphatic rings. The molecule has 1 unspecified atom stereocenters. The molecule has 1 atom stereocenters. The fourth-order valence-corrected chi connectivity index (χ4v) is 4.00. The van der Waals surface area contributed by atoms with Crippen molar-refractivity contribution in [3.05, 3.63) is 93.9 Å². The molecule has 164 valence electrons. The van der Waals surface area contributed by atoms with Crippen LogP contribution in [0.3, 0.4) is 0 Å². The molecule has 0 radical (unpaired) electrons. The summed E-state index contributed by atoms with van der Waals surface area (Å²) < 4.78 is 5.25. The fraction of sp³-hybridized carbons (Fsp3) is 0.208. The predicted molar refractivity (Wildman–Crippen MR) is 120 cm³/mol. The second-order valence-corrected chi connectivity index (χ2v) is 8.15. The second kappa shape index (κ2) is 8.98. The molecule has 0 saturated heterocycles. The molecule has 1 aliphatic heterocycles. The number of benzene rings is 2. The Balaban J connectivity index is 1.49. The van der Waals surface area contributed by atoms with E-state index in [0.29, 0.717) is 22.9 Å². The van der Waals surface area contributed by atoms with Gasteiger partial charge in [0.05, 0.1) is 30.0 Å². The van der Waals surface area contributed by atoms with Crippen LogP contribution in [0.15, 0.2) is 65.3 Å². The molecule has 2 heterocycles. The van der Waals surface area contributed by atoms with E-state index in [1.165, 1.54) is 18.4 Å². The molecule has 1 aromatic heterocycles. The summed E-state index contributed by atoms with van der Waals surface area (Å²) in [5, 5.41) is 3.53. The fourth-order valence-electron chi connectivity index (χ4n) is 3.74. The lowest BCUT2D eigenvalue weighted by molar-refractivity contribution is 0.0631. The maximum atomic E-state index is 12.8. The minimum atomic E-state index is -0.446. The van der Waals surface area contributed by atoms with Crippen molar-refractivity contribution in [1.29, 1.82) is 0 Å². The number of nitrogens with zero attached hydrogens (tertiary/aromatic N) is 2. The summed E-state index contributed by atoms with van der Waals surface area (Å²) in [4.78, 5) is 41.3. The number of amides is 3. The molecule has 0 bridgehead atoms. The summed E-state index contributed by atoms with van der Waals surface area (Å²) in [7, 11) is 3.82. The number of rotatable bonds is 7.